The van der Waals surface area contributed by atoms with Crippen LogP contribution >= 0.6 is 96.6 Å². The zero-order chi connectivity index (χ0) is 45.5. The largest absolute Gasteiger partial charge is 0.379 e. The first-order chi connectivity index (χ1) is 31.0. The van der Waals surface area contributed by atoms with E-state index >= 15 is 0 Å². The van der Waals surface area contributed by atoms with E-state index in [1.165, 1.54) is 0 Å². The summed E-state index contributed by atoms with van der Waals surface area (Å²) >= 11 is 15.9. The van der Waals surface area contributed by atoms with E-state index in [0.717, 1.165) is 123 Å². The van der Waals surface area contributed by atoms with Gasteiger partial charge in [-0.15, -0.1) is 48.8 Å². The zero-order valence-electron chi connectivity index (χ0n) is 35.9. The molecule has 0 bridgehead atoms. The van der Waals surface area contributed by atoms with E-state index in [-0.39, 0.29) is 37.2 Å². The van der Waals surface area contributed by atoms with Crippen molar-refractivity contribution in [2.45, 2.75) is 19.3 Å². The molecule has 7 aromatic rings. The first-order valence-electron chi connectivity index (χ1n) is 19.9. The van der Waals surface area contributed by atoms with E-state index in [0.29, 0.717) is 5.88 Å². The molecule has 23 heteroatoms. The van der Waals surface area contributed by atoms with Crippen LogP contribution in [-0.4, -0.2) is 103 Å². The molecule has 16 nitrogen and oxygen atoms in total. The third-order valence-corrected chi connectivity index (χ3v) is 10.7. The van der Waals surface area contributed by atoms with Gasteiger partial charge in [0.25, 0.3) is 0 Å². The van der Waals surface area contributed by atoms with Crippen LogP contribution in [0.3, 0.4) is 0 Å². The molecule has 2 saturated heterocycles. The third kappa shape index (κ3) is 22.2. The number of hydrogen-bond donors (Lipinski definition) is 4. The molecule has 2 aliphatic heterocycles. The lowest BCUT2D eigenvalue weighted by molar-refractivity contribution is 0.0335. The molecule has 0 amide bonds. The second kappa shape index (κ2) is 32.5. The highest BCUT2D eigenvalue weighted by atomic mass is 79.9. The predicted octanol–water partition coefficient (Wildman–Crippen LogP) is 8.22. The molecule has 2 fully saturated rings. The quantitative estimate of drug-likeness (QED) is 0.116. The lowest BCUT2D eigenvalue weighted by Gasteiger charge is -2.25. The summed E-state index contributed by atoms with van der Waals surface area (Å²) in [6.07, 6.45) is 0. The van der Waals surface area contributed by atoms with E-state index in [2.05, 4.69) is 94.7 Å². The Morgan fingerprint density at radius 1 is 0.507 bits per heavy atom. The number of aromatic amines is 3. The van der Waals surface area contributed by atoms with Crippen molar-refractivity contribution in [2.75, 3.05) is 52.6 Å². The van der Waals surface area contributed by atoms with Crippen LogP contribution in [0.15, 0.2) is 137 Å². The van der Waals surface area contributed by atoms with Crippen molar-refractivity contribution < 1.29 is 9.47 Å². The highest BCUT2D eigenvalue weighted by Gasteiger charge is 2.12. The summed E-state index contributed by atoms with van der Waals surface area (Å²) in [7, 11) is 0. The minimum atomic E-state index is -0.802. The molecule has 67 heavy (non-hydrogen) atoms. The summed E-state index contributed by atoms with van der Waals surface area (Å²) in [5.74, 6) is 0.396. The van der Waals surface area contributed by atoms with Crippen molar-refractivity contribution in [3.8, 4) is 33.8 Å². The normalized spacial score (nSPS) is 12.7. The number of H-pyrrole nitrogens is 3. The van der Waals surface area contributed by atoms with Crippen molar-refractivity contribution in [1.82, 2.24) is 55.8 Å². The summed E-state index contributed by atoms with van der Waals surface area (Å²) in [4.78, 5) is 38.2. The SMILES string of the molecule is Brc1ccc(-c2ccc(CN3CCOCC3)nn2)cc1.C1COCCN1.Cc1ccc(-c2ccc(Br)cc2)nn1.Cl.Cl.Cl.ClCc1ccc(-c2ccc(Br)cc2)nn1.O=c1[nH]c(=O)[nH]c(=O)[nH]1. The van der Waals surface area contributed by atoms with E-state index in [4.69, 9.17) is 21.1 Å². The molecular formula is C44H48Br3Cl4N11O5. The molecule has 6 heterocycles. The van der Waals surface area contributed by atoms with Gasteiger partial charge in [-0.2, -0.15) is 30.6 Å². The molecule has 0 atom stereocenters. The van der Waals surface area contributed by atoms with Crippen LogP contribution in [0.2, 0.25) is 0 Å². The molecule has 3 aromatic carbocycles. The Bertz CT molecular complexity index is 2470. The Morgan fingerprint density at radius 3 is 1.19 bits per heavy atom. The number of halogens is 7. The standard InChI is InChI=1S/C15H16BrN3O.C11H8BrClN2.C11H9BrN2.C4H9NO.C3H3N3O3.3ClH/c16-13-3-1-12(2-4-13)15-6-5-14(17-18-15)11-19-7-9-20-10-8-19;12-9-3-1-8(2-4-9)11-6-5-10(7-13)14-15-11;1-8-2-7-11(14-13-8)9-3-5-10(12)6-4-9;1-3-6-4-2-5-1;7-1-4-2(8)6-3(9)5-1;;;/h1-6H,7-11H2;1-6H,7H2;2-7H,1H3;5H,1-4H2;(H3,4,5,6,7,8,9);3*1H. The van der Waals surface area contributed by atoms with Crippen LogP contribution in [0.1, 0.15) is 17.1 Å². The second-order valence-electron chi connectivity index (χ2n) is 13.6. The fourth-order valence-electron chi connectivity index (χ4n) is 5.51. The molecule has 9 rings (SSSR count). The number of aryl methyl sites for hydroxylation is 1. The summed E-state index contributed by atoms with van der Waals surface area (Å²) in [6.45, 7) is 10.2. The summed E-state index contributed by atoms with van der Waals surface area (Å²) in [5.41, 5.74) is 6.21. The van der Waals surface area contributed by atoms with E-state index in [1.54, 1.807) is 15.0 Å². The van der Waals surface area contributed by atoms with Crippen LogP contribution in [0.5, 0.6) is 0 Å². The number of nitrogens with zero attached hydrogens (tertiary/aromatic N) is 7. The molecule has 0 aliphatic carbocycles. The Balaban J connectivity index is 0.000000297. The van der Waals surface area contributed by atoms with Crippen LogP contribution < -0.4 is 22.4 Å². The number of aromatic nitrogens is 9. The number of morpholine rings is 2. The van der Waals surface area contributed by atoms with Crippen LogP contribution in [0.25, 0.3) is 33.8 Å². The van der Waals surface area contributed by atoms with Gasteiger partial charge in [0.15, 0.2) is 0 Å². The van der Waals surface area contributed by atoms with Gasteiger partial charge in [0.05, 0.1) is 66.5 Å². The van der Waals surface area contributed by atoms with Crippen LogP contribution in [-0.2, 0) is 21.9 Å². The fraction of sp³-hybridized carbons (Fsp3) is 0.250. The fourth-order valence-corrected chi connectivity index (χ4v) is 6.44. The minimum absolute atomic E-state index is 0. The molecule has 4 aromatic heterocycles. The predicted molar refractivity (Wildman–Crippen MR) is 280 cm³/mol. The van der Waals surface area contributed by atoms with Crippen molar-refractivity contribution in [1.29, 1.82) is 0 Å². The monoisotopic (exact) mass is 1190 g/mol. The lowest BCUT2D eigenvalue weighted by Crippen LogP contribution is -2.35. The number of rotatable bonds is 6. The average molecular weight is 1190 g/mol. The molecule has 0 radical (unpaired) electrons. The smallest absolute Gasteiger partial charge is 0.330 e. The van der Waals surface area contributed by atoms with Crippen LogP contribution in [0.4, 0.5) is 0 Å². The van der Waals surface area contributed by atoms with Gasteiger partial charge < -0.3 is 14.8 Å². The Hall–Kier alpha value is -4.25. The topological polar surface area (TPSA) is 210 Å². The van der Waals surface area contributed by atoms with Crippen molar-refractivity contribution >= 4 is 96.6 Å². The lowest BCUT2D eigenvalue weighted by atomic mass is 10.1. The molecular weight excluding hydrogens is 1140 g/mol. The highest BCUT2D eigenvalue weighted by Crippen LogP contribution is 2.21. The summed E-state index contributed by atoms with van der Waals surface area (Å²) in [6, 6.07) is 35.9. The summed E-state index contributed by atoms with van der Waals surface area (Å²) in [5, 5.41) is 28.0. The van der Waals surface area contributed by atoms with Gasteiger partial charge in [0, 0.05) is 62.8 Å². The number of benzene rings is 3. The third-order valence-electron chi connectivity index (χ3n) is 8.81. The van der Waals surface area contributed by atoms with Crippen molar-refractivity contribution in [3.05, 3.63) is 171 Å². The Kier molecular flexibility index (Phi) is 28.6. The van der Waals surface area contributed by atoms with Gasteiger partial charge in [-0.3, -0.25) is 19.9 Å². The first kappa shape index (κ1) is 58.9. The van der Waals surface area contributed by atoms with Gasteiger partial charge in [-0.05, 0) is 79.7 Å². The maximum Gasteiger partial charge on any atom is 0.330 e. The highest BCUT2D eigenvalue weighted by molar-refractivity contribution is 9.11. The molecule has 0 unspecified atom stereocenters. The maximum absolute atomic E-state index is 10.2. The number of nitrogens with one attached hydrogen (secondary N) is 4. The van der Waals surface area contributed by atoms with Gasteiger partial charge in [0.2, 0.25) is 0 Å². The molecule has 0 saturated carbocycles. The van der Waals surface area contributed by atoms with Gasteiger partial charge in [0.1, 0.15) is 0 Å². The van der Waals surface area contributed by atoms with E-state index < -0.39 is 17.1 Å². The van der Waals surface area contributed by atoms with E-state index in [1.807, 2.05) is 110 Å². The molecule has 4 N–H and O–H groups in total. The van der Waals surface area contributed by atoms with Gasteiger partial charge in [-0.25, -0.2) is 14.4 Å². The number of ether oxygens (including phenoxy) is 2. The average Bonchev–Trinajstić information content (AvgIpc) is 3.32. The van der Waals surface area contributed by atoms with Crippen molar-refractivity contribution in [2.24, 2.45) is 0 Å². The molecule has 2 aliphatic rings. The zero-order valence-corrected chi connectivity index (χ0v) is 43.8. The van der Waals surface area contributed by atoms with E-state index in [9.17, 15) is 14.4 Å². The Labute approximate surface area is 435 Å². The summed E-state index contributed by atoms with van der Waals surface area (Å²) < 4.78 is 13.5. The Morgan fingerprint density at radius 2 is 0.881 bits per heavy atom. The van der Waals surface area contributed by atoms with Gasteiger partial charge in [-0.1, -0.05) is 84.2 Å². The second-order valence-corrected chi connectivity index (χ2v) is 16.7. The minimum Gasteiger partial charge on any atom is -0.379 e. The number of alkyl halides is 1. The van der Waals surface area contributed by atoms with Crippen LogP contribution in [0, 0.1) is 6.92 Å². The maximum atomic E-state index is 10.2. The van der Waals surface area contributed by atoms with Crippen molar-refractivity contribution in [3.63, 3.8) is 0 Å². The molecule has 0 spiro atoms. The van der Waals surface area contributed by atoms with Gasteiger partial charge >= 0.3 is 17.1 Å². The molecule has 358 valence electrons. The first-order valence-corrected chi connectivity index (χ1v) is 22.8. The number of hydrogen-bond acceptors (Lipinski definition) is 13.